The largest absolute Gasteiger partial charge is 0.507 e. The summed E-state index contributed by atoms with van der Waals surface area (Å²) in [5.41, 5.74) is 2.81. The monoisotopic (exact) mass is 529 g/mol. The summed E-state index contributed by atoms with van der Waals surface area (Å²) in [4.78, 5) is 28.5. The van der Waals surface area contributed by atoms with Gasteiger partial charge in [-0.15, -0.1) is 0 Å². The first-order valence-electron chi connectivity index (χ1n) is 13.0. The van der Waals surface area contributed by atoms with Crippen LogP contribution in [0.5, 0.6) is 17.2 Å². The molecule has 1 saturated heterocycles. The molecule has 0 radical (unpaired) electrons. The van der Waals surface area contributed by atoms with E-state index in [-0.39, 0.29) is 29.9 Å². The fourth-order valence-corrected chi connectivity index (χ4v) is 4.88. The Kier molecular flexibility index (Phi) is 8.29. The number of ketones is 1. The SMILES string of the molecule is COc1cccc(C2/C(=C(/O)c3ccc(OC)c(C(C)C)c3)C(=O)C(=O)N2Cc2cccc(OC(C)C)c2)c1. The summed E-state index contributed by atoms with van der Waals surface area (Å²) < 4.78 is 16.7. The second-order valence-corrected chi connectivity index (χ2v) is 10.1. The van der Waals surface area contributed by atoms with Crippen molar-refractivity contribution < 1.29 is 28.9 Å². The Labute approximate surface area is 229 Å². The Hall–Kier alpha value is -4.26. The van der Waals surface area contributed by atoms with Crippen LogP contribution < -0.4 is 14.2 Å². The first-order valence-corrected chi connectivity index (χ1v) is 13.0. The zero-order valence-electron chi connectivity index (χ0n) is 23.2. The Balaban J connectivity index is 1.85. The average molecular weight is 530 g/mol. The number of carbonyl (C=O) groups is 2. The Morgan fingerprint density at radius 3 is 2.28 bits per heavy atom. The van der Waals surface area contributed by atoms with Crippen LogP contribution in [0.1, 0.15) is 61.9 Å². The highest BCUT2D eigenvalue weighted by molar-refractivity contribution is 6.46. The summed E-state index contributed by atoms with van der Waals surface area (Å²) in [6.45, 7) is 8.08. The van der Waals surface area contributed by atoms with Crippen molar-refractivity contribution in [3.63, 3.8) is 0 Å². The van der Waals surface area contributed by atoms with Crippen LogP contribution in [0.3, 0.4) is 0 Å². The van der Waals surface area contributed by atoms with E-state index in [0.717, 1.165) is 11.1 Å². The summed E-state index contributed by atoms with van der Waals surface area (Å²) in [6.07, 6.45) is -0.00788. The standard InChI is InChI=1S/C32H35NO6/c1-19(2)26-17-23(13-14-27(26)38-6)30(34)28-29(22-10-8-11-24(16-22)37-5)33(32(36)31(28)35)18-21-9-7-12-25(15-21)39-20(3)4/h7-17,19-20,29,34H,18H2,1-6H3/b30-28-. The van der Waals surface area contributed by atoms with Crippen molar-refractivity contribution >= 4 is 17.4 Å². The second kappa shape index (κ2) is 11.6. The fourth-order valence-electron chi connectivity index (χ4n) is 4.88. The molecule has 1 unspecified atom stereocenters. The van der Waals surface area contributed by atoms with Gasteiger partial charge in [0.25, 0.3) is 11.7 Å². The number of aliphatic hydroxyl groups excluding tert-OH is 1. The maximum atomic E-state index is 13.5. The Morgan fingerprint density at radius 1 is 0.897 bits per heavy atom. The third-order valence-electron chi connectivity index (χ3n) is 6.70. The summed E-state index contributed by atoms with van der Waals surface area (Å²) >= 11 is 0. The molecule has 1 N–H and O–H groups in total. The molecule has 0 aliphatic carbocycles. The number of likely N-dealkylation sites (tertiary alicyclic amines) is 1. The van der Waals surface area contributed by atoms with Crippen molar-refractivity contribution in [3.05, 3.63) is 94.6 Å². The zero-order chi connectivity index (χ0) is 28.3. The highest BCUT2D eigenvalue weighted by Crippen LogP contribution is 2.42. The first-order chi connectivity index (χ1) is 18.6. The molecule has 0 aromatic heterocycles. The van der Waals surface area contributed by atoms with Gasteiger partial charge in [0, 0.05) is 12.1 Å². The smallest absolute Gasteiger partial charge is 0.295 e. The lowest BCUT2D eigenvalue weighted by Gasteiger charge is -2.26. The molecule has 3 aromatic rings. The summed E-state index contributed by atoms with van der Waals surface area (Å²) in [5, 5.41) is 11.6. The van der Waals surface area contributed by atoms with Crippen LogP contribution >= 0.6 is 0 Å². The van der Waals surface area contributed by atoms with Crippen molar-refractivity contribution in [2.45, 2.75) is 52.3 Å². The van der Waals surface area contributed by atoms with Crippen LogP contribution in [0.4, 0.5) is 0 Å². The number of rotatable bonds is 9. The van der Waals surface area contributed by atoms with Gasteiger partial charge in [0.05, 0.1) is 31.9 Å². The number of aliphatic hydroxyl groups is 1. The summed E-state index contributed by atoms with van der Waals surface area (Å²) in [5.74, 6) is 0.409. The molecular formula is C32H35NO6. The van der Waals surface area contributed by atoms with E-state index in [1.165, 1.54) is 4.90 Å². The van der Waals surface area contributed by atoms with Crippen molar-refractivity contribution in [1.82, 2.24) is 4.90 Å². The van der Waals surface area contributed by atoms with Gasteiger partial charge in [0.1, 0.15) is 23.0 Å². The molecule has 1 heterocycles. The van der Waals surface area contributed by atoms with E-state index in [4.69, 9.17) is 14.2 Å². The zero-order valence-corrected chi connectivity index (χ0v) is 23.2. The Morgan fingerprint density at radius 2 is 1.62 bits per heavy atom. The summed E-state index contributed by atoms with van der Waals surface area (Å²) in [7, 11) is 3.15. The van der Waals surface area contributed by atoms with Crippen LogP contribution in [0.15, 0.2) is 72.3 Å². The minimum absolute atomic E-state index is 0.00788. The third-order valence-corrected chi connectivity index (χ3v) is 6.70. The highest BCUT2D eigenvalue weighted by Gasteiger charge is 2.46. The van der Waals surface area contributed by atoms with Gasteiger partial charge in [-0.05, 0) is 78.9 Å². The van der Waals surface area contributed by atoms with E-state index < -0.39 is 17.7 Å². The van der Waals surface area contributed by atoms with Crippen molar-refractivity contribution in [1.29, 1.82) is 0 Å². The fraction of sp³-hybridized carbons (Fsp3) is 0.312. The van der Waals surface area contributed by atoms with E-state index in [2.05, 4.69) is 0 Å². The quantitative estimate of drug-likeness (QED) is 0.201. The number of carbonyl (C=O) groups excluding carboxylic acids is 2. The lowest BCUT2D eigenvalue weighted by Crippen LogP contribution is -2.29. The van der Waals surface area contributed by atoms with Crippen LogP contribution in [-0.4, -0.2) is 42.0 Å². The normalized spacial score (nSPS) is 16.7. The van der Waals surface area contributed by atoms with Gasteiger partial charge in [-0.3, -0.25) is 9.59 Å². The highest BCUT2D eigenvalue weighted by atomic mass is 16.5. The second-order valence-electron chi connectivity index (χ2n) is 10.1. The molecule has 7 nitrogen and oxygen atoms in total. The van der Waals surface area contributed by atoms with Gasteiger partial charge in [0.2, 0.25) is 0 Å². The molecule has 1 fully saturated rings. The number of methoxy groups -OCH3 is 2. The maximum Gasteiger partial charge on any atom is 0.295 e. The minimum atomic E-state index is -0.820. The lowest BCUT2D eigenvalue weighted by atomic mass is 9.93. The number of amides is 1. The molecule has 0 saturated carbocycles. The maximum absolute atomic E-state index is 13.5. The molecule has 1 aliphatic rings. The van der Waals surface area contributed by atoms with Crippen LogP contribution in [0.25, 0.3) is 5.76 Å². The number of hydrogen-bond donors (Lipinski definition) is 1. The molecule has 1 atom stereocenters. The van der Waals surface area contributed by atoms with Crippen molar-refractivity contribution in [2.75, 3.05) is 14.2 Å². The van der Waals surface area contributed by atoms with E-state index in [1.54, 1.807) is 44.6 Å². The van der Waals surface area contributed by atoms with Crippen LogP contribution in [0.2, 0.25) is 0 Å². The third kappa shape index (κ3) is 5.77. The average Bonchev–Trinajstić information content (AvgIpc) is 3.17. The number of benzene rings is 3. The molecule has 1 aliphatic heterocycles. The Bertz CT molecular complexity index is 1410. The van der Waals surface area contributed by atoms with Crippen LogP contribution in [0, 0.1) is 0 Å². The predicted octanol–water partition coefficient (Wildman–Crippen LogP) is 6.24. The van der Waals surface area contributed by atoms with Gasteiger partial charge in [-0.1, -0.05) is 38.1 Å². The van der Waals surface area contributed by atoms with Gasteiger partial charge in [0.15, 0.2) is 0 Å². The molecule has 1 amide bonds. The summed E-state index contributed by atoms with van der Waals surface area (Å²) in [6, 6.07) is 19.1. The van der Waals surface area contributed by atoms with E-state index in [1.807, 2.05) is 64.1 Å². The molecule has 7 heteroatoms. The van der Waals surface area contributed by atoms with Crippen molar-refractivity contribution in [2.24, 2.45) is 0 Å². The molecule has 4 rings (SSSR count). The van der Waals surface area contributed by atoms with E-state index >= 15 is 0 Å². The number of ether oxygens (including phenoxy) is 3. The van der Waals surface area contributed by atoms with Gasteiger partial charge >= 0.3 is 0 Å². The van der Waals surface area contributed by atoms with E-state index in [0.29, 0.717) is 28.4 Å². The van der Waals surface area contributed by atoms with Crippen LogP contribution in [-0.2, 0) is 16.1 Å². The van der Waals surface area contributed by atoms with Gasteiger partial charge < -0.3 is 24.2 Å². The molecule has 204 valence electrons. The minimum Gasteiger partial charge on any atom is -0.507 e. The molecule has 3 aromatic carbocycles. The molecule has 39 heavy (non-hydrogen) atoms. The lowest BCUT2D eigenvalue weighted by molar-refractivity contribution is -0.140. The van der Waals surface area contributed by atoms with E-state index in [9.17, 15) is 14.7 Å². The number of nitrogens with zero attached hydrogens (tertiary/aromatic N) is 1. The molecule has 0 spiro atoms. The molecule has 0 bridgehead atoms. The predicted molar refractivity (Wildman–Crippen MR) is 150 cm³/mol. The number of hydrogen-bond acceptors (Lipinski definition) is 6. The number of Topliss-reactive ketones (excluding diaryl/α,β-unsaturated/α-hetero) is 1. The van der Waals surface area contributed by atoms with Gasteiger partial charge in [-0.25, -0.2) is 0 Å². The topological polar surface area (TPSA) is 85.3 Å². The van der Waals surface area contributed by atoms with Crippen molar-refractivity contribution in [3.8, 4) is 17.2 Å². The first kappa shape index (κ1) is 27.8. The molecular weight excluding hydrogens is 494 g/mol. The van der Waals surface area contributed by atoms with Gasteiger partial charge in [-0.2, -0.15) is 0 Å².